The minimum atomic E-state index is -3.81. The fourth-order valence-electron chi connectivity index (χ4n) is 4.05. The van der Waals surface area contributed by atoms with Crippen molar-refractivity contribution in [1.82, 2.24) is 9.62 Å². The first-order chi connectivity index (χ1) is 16.9. The second-order valence-electron chi connectivity index (χ2n) is 8.22. The number of hydrogen-bond acceptors (Lipinski definition) is 7. The van der Waals surface area contributed by atoms with Crippen LogP contribution in [0.2, 0.25) is 0 Å². The van der Waals surface area contributed by atoms with Gasteiger partial charge in [0.05, 0.1) is 48.1 Å². The van der Waals surface area contributed by atoms with Gasteiger partial charge in [-0.1, -0.05) is 12.1 Å². The monoisotopic (exact) mass is 503 g/mol. The molecule has 2 aromatic rings. The van der Waals surface area contributed by atoms with Crippen molar-refractivity contribution in [3.63, 3.8) is 0 Å². The first-order valence-corrected chi connectivity index (χ1v) is 12.9. The Labute approximate surface area is 204 Å². The fraction of sp³-hybridized carbons (Fsp3) is 0.417. The first-order valence-electron chi connectivity index (χ1n) is 11.5. The summed E-state index contributed by atoms with van der Waals surface area (Å²) < 4.78 is 43.6. The van der Waals surface area contributed by atoms with Gasteiger partial charge in [-0.3, -0.25) is 9.59 Å². The number of morpholine rings is 1. The maximum Gasteiger partial charge on any atom is 0.259 e. The van der Waals surface area contributed by atoms with Crippen molar-refractivity contribution >= 4 is 27.5 Å². The number of rotatable bonds is 8. The molecule has 0 radical (unpaired) electrons. The molecule has 2 aliphatic rings. The molecule has 2 N–H and O–H groups in total. The standard InChI is InChI=1S/C24H29N3O7S/c1-32-22-9-8-18(35(30,31)27-10-13-33-14-11-27)15-20(22)24(29)26-21-7-3-2-6-19(21)23(28)25-16-17-5-4-12-34-17/h2-3,6-9,15,17H,4-5,10-14,16H2,1H3,(H,25,28)(H,26,29)/t17-/m1/s1. The van der Waals surface area contributed by atoms with E-state index >= 15 is 0 Å². The number of sulfonamides is 1. The minimum Gasteiger partial charge on any atom is -0.496 e. The molecule has 0 aromatic heterocycles. The smallest absolute Gasteiger partial charge is 0.259 e. The number of amides is 2. The average molecular weight is 504 g/mol. The highest BCUT2D eigenvalue weighted by Gasteiger charge is 2.28. The maximum atomic E-state index is 13.2. The van der Waals surface area contributed by atoms with E-state index in [1.807, 2.05) is 0 Å². The molecule has 2 heterocycles. The number of benzene rings is 2. The second-order valence-corrected chi connectivity index (χ2v) is 10.2. The van der Waals surface area contributed by atoms with Gasteiger partial charge in [0.25, 0.3) is 11.8 Å². The van der Waals surface area contributed by atoms with Gasteiger partial charge in [-0.25, -0.2) is 8.42 Å². The molecule has 0 saturated carbocycles. The highest BCUT2D eigenvalue weighted by atomic mass is 32.2. The molecule has 4 rings (SSSR count). The molecule has 0 unspecified atom stereocenters. The largest absolute Gasteiger partial charge is 0.496 e. The molecule has 11 heteroatoms. The van der Waals surface area contributed by atoms with Crippen molar-refractivity contribution in [2.45, 2.75) is 23.8 Å². The molecule has 2 fully saturated rings. The Morgan fingerprint density at radius 3 is 2.54 bits per heavy atom. The number of ether oxygens (including phenoxy) is 3. The Morgan fingerprint density at radius 1 is 1.06 bits per heavy atom. The highest BCUT2D eigenvalue weighted by Crippen LogP contribution is 2.27. The van der Waals surface area contributed by atoms with Crippen LogP contribution in [0.5, 0.6) is 5.75 Å². The van der Waals surface area contributed by atoms with Gasteiger partial charge in [0.1, 0.15) is 5.75 Å². The van der Waals surface area contributed by atoms with E-state index in [-0.39, 0.29) is 46.9 Å². The third-order valence-corrected chi connectivity index (χ3v) is 7.85. The van der Waals surface area contributed by atoms with Gasteiger partial charge in [-0.15, -0.1) is 0 Å². The zero-order chi connectivity index (χ0) is 24.8. The van der Waals surface area contributed by atoms with Crippen LogP contribution >= 0.6 is 0 Å². The Morgan fingerprint density at radius 2 is 1.83 bits per heavy atom. The van der Waals surface area contributed by atoms with Gasteiger partial charge in [-0.2, -0.15) is 4.31 Å². The van der Waals surface area contributed by atoms with Gasteiger partial charge in [0.15, 0.2) is 0 Å². The van der Waals surface area contributed by atoms with Crippen LogP contribution in [0.25, 0.3) is 0 Å². The van der Waals surface area contributed by atoms with Crippen molar-refractivity contribution < 1.29 is 32.2 Å². The number of carbonyl (C=O) groups excluding carboxylic acids is 2. The van der Waals surface area contributed by atoms with Gasteiger partial charge in [0.2, 0.25) is 10.0 Å². The lowest BCUT2D eigenvalue weighted by atomic mass is 10.1. The van der Waals surface area contributed by atoms with E-state index in [0.717, 1.165) is 12.8 Å². The van der Waals surface area contributed by atoms with E-state index < -0.39 is 15.9 Å². The molecule has 188 valence electrons. The SMILES string of the molecule is COc1ccc(S(=O)(=O)N2CCOCC2)cc1C(=O)Nc1ccccc1C(=O)NC[C@H]1CCCO1. The Balaban J connectivity index is 1.55. The molecular formula is C24H29N3O7S. The molecule has 2 aliphatic heterocycles. The number of carbonyl (C=O) groups is 2. The summed E-state index contributed by atoms with van der Waals surface area (Å²) in [5.74, 6) is -0.726. The zero-order valence-corrected chi connectivity index (χ0v) is 20.3. The van der Waals surface area contributed by atoms with Gasteiger partial charge in [0, 0.05) is 26.2 Å². The molecule has 2 aromatic carbocycles. The number of methoxy groups -OCH3 is 1. The number of nitrogens with one attached hydrogen (secondary N) is 2. The predicted octanol–water partition coefficient (Wildman–Crippen LogP) is 1.88. The van der Waals surface area contributed by atoms with Crippen molar-refractivity contribution in [1.29, 1.82) is 0 Å². The lowest BCUT2D eigenvalue weighted by Crippen LogP contribution is -2.40. The molecule has 35 heavy (non-hydrogen) atoms. The number of hydrogen-bond donors (Lipinski definition) is 2. The third-order valence-electron chi connectivity index (χ3n) is 5.96. The van der Waals surface area contributed by atoms with Crippen LogP contribution in [-0.2, 0) is 19.5 Å². The summed E-state index contributed by atoms with van der Waals surface area (Å²) in [6, 6.07) is 10.8. The number of nitrogens with zero attached hydrogens (tertiary/aromatic N) is 1. The van der Waals surface area contributed by atoms with E-state index in [2.05, 4.69) is 10.6 Å². The van der Waals surface area contributed by atoms with Crippen LogP contribution in [0.15, 0.2) is 47.4 Å². The lowest BCUT2D eigenvalue weighted by Gasteiger charge is -2.26. The Hall–Kier alpha value is -2.99. The van der Waals surface area contributed by atoms with Crippen molar-refractivity contribution in [2.24, 2.45) is 0 Å². The van der Waals surface area contributed by atoms with Gasteiger partial charge < -0.3 is 24.8 Å². The van der Waals surface area contributed by atoms with E-state index in [0.29, 0.717) is 32.1 Å². The van der Waals surface area contributed by atoms with Crippen LogP contribution in [-0.4, -0.2) is 77.2 Å². The van der Waals surface area contributed by atoms with Crippen LogP contribution in [0, 0.1) is 0 Å². The van der Waals surface area contributed by atoms with Crippen LogP contribution in [0.3, 0.4) is 0 Å². The molecule has 0 aliphatic carbocycles. The molecule has 10 nitrogen and oxygen atoms in total. The van der Waals surface area contributed by atoms with Crippen molar-refractivity contribution in [3.05, 3.63) is 53.6 Å². The zero-order valence-electron chi connectivity index (χ0n) is 19.5. The summed E-state index contributed by atoms with van der Waals surface area (Å²) >= 11 is 0. The summed E-state index contributed by atoms with van der Waals surface area (Å²) in [6.07, 6.45) is 1.85. The van der Waals surface area contributed by atoms with Gasteiger partial charge in [-0.05, 0) is 43.2 Å². The van der Waals surface area contributed by atoms with Crippen molar-refractivity contribution in [3.8, 4) is 5.75 Å². The summed E-state index contributed by atoms with van der Waals surface area (Å²) in [7, 11) is -2.41. The van der Waals surface area contributed by atoms with Crippen LogP contribution in [0.4, 0.5) is 5.69 Å². The lowest BCUT2D eigenvalue weighted by molar-refractivity contribution is 0.0730. The molecule has 0 spiro atoms. The molecule has 2 amide bonds. The predicted molar refractivity (Wildman–Crippen MR) is 128 cm³/mol. The average Bonchev–Trinajstić information content (AvgIpc) is 3.41. The van der Waals surface area contributed by atoms with Crippen molar-refractivity contribution in [2.75, 3.05) is 51.9 Å². The molecular weight excluding hydrogens is 474 g/mol. The highest BCUT2D eigenvalue weighted by molar-refractivity contribution is 7.89. The van der Waals surface area contributed by atoms with E-state index in [1.165, 1.54) is 29.6 Å². The molecule has 0 bridgehead atoms. The second kappa shape index (κ2) is 11.2. The normalized spacial score (nSPS) is 18.7. The summed E-state index contributed by atoms with van der Waals surface area (Å²) in [5.41, 5.74) is 0.622. The molecule has 1 atom stereocenters. The van der Waals surface area contributed by atoms with Gasteiger partial charge >= 0.3 is 0 Å². The summed E-state index contributed by atoms with van der Waals surface area (Å²) in [6.45, 7) is 2.18. The van der Waals surface area contributed by atoms with E-state index in [9.17, 15) is 18.0 Å². The topological polar surface area (TPSA) is 123 Å². The first kappa shape index (κ1) is 25.1. The fourth-order valence-corrected chi connectivity index (χ4v) is 5.48. The summed E-state index contributed by atoms with van der Waals surface area (Å²) in [5, 5.41) is 5.58. The third kappa shape index (κ3) is 5.81. The minimum absolute atomic E-state index is 0.0129. The number of para-hydroxylation sites is 1. The molecule has 2 saturated heterocycles. The summed E-state index contributed by atoms with van der Waals surface area (Å²) in [4.78, 5) is 26.0. The van der Waals surface area contributed by atoms with E-state index in [1.54, 1.807) is 24.3 Å². The Kier molecular flexibility index (Phi) is 8.01. The quantitative estimate of drug-likeness (QED) is 0.564. The van der Waals surface area contributed by atoms with Crippen LogP contribution in [0.1, 0.15) is 33.6 Å². The maximum absolute atomic E-state index is 13.2. The van der Waals surface area contributed by atoms with E-state index in [4.69, 9.17) is 14.2 Å². The van der Waals surface area contributed by atoms with Crippen LogP contribution < -0.4 is 15.4 Å². The Bertz CT molecular complexity index is 1170. The number of anilines is 1.